The van der Waals surface area contributed by atoms with Crippen molar-refractivity contribution in [3.63, 3.8) is 0 Å². The largest absolute Gasteiger partial charge is 0.333 e. The van der Waals surface area contributed by atoms with Crippen LogP contribution in [0.15, 0.2) is 17.8 Å². The number of anilines is 2. The molecule has 4 aromatic heterocycles. The molecule has 2 saturated carbocycles. The van der Waals surface area contributed by atoms with Crippen LogP contribution in [0, 0.1) is 0 Å². The zero-order valence-electron chi connectivity index (χ0n) is 18.0. The maximum atomic E-state index is 13.6. The van der Waals surface area contributed by atoms with E-state index in [1.807, 2.05) is 29.2 Å². The number of hydrogen-bond acceptors (Lipinski definition) is 6. The van der Waals surface area contributed by atoms with Crippen LogP contribution in [-0.4, -0.2) is 47.0 Å². The van der Waals surface area contributed by atoms with Crippen molar-refractivity contribution in [3.8, 4) is 0 Å². The van der Waals surface area contributed by atoms with Crippen molar-refractivity contribution in [3.05, 3.63) is 29.2 Å². The molecule has 8 nitrogen and oxygen atoms in total. The van der Waals surface area contributed by atoms with Crippen LogP contribution in [0.4, 0.5) is 15.3 Å². The number of carbonyl (C=O) groups is 1. The van der Waals surface area contributed by atoms with Crippen LogP contribution in [0.25, 0.3) is 22.1 Å². The molecule has 2 aliphatic carbocycles. The molecule has 0 bridgehead atoms. The maximum absolute atomic E-state index is 13.6. The second-order valence-electron chi connectivity index (χ2n) is 8.60. The van der Waals surface area contributed by atoms with E-state index >= 15 is 0 Å². The van der Waals surface area contributed by atoms with Gasteiger partial charge in [0.05, 0.1) is 17.5 Å². The average Bonchev–Trinajstić information content (AvgIpc) is 3.69. The third-order valence-corrected chi connectivity index (χ3v) is 7.07. The van der Waals surface area contributed by atoms with Gasteiger partial charge in [0.15, 0.2) is 10.9 Å². The monoisotopic (exact) mass is 453 g/mol. The van der Waals surface area contributed by atoms with E-state index in [2.05, 4.69) is 20.2 Å². The molecule has 2 aliphatic rings. The first kappa shape index (κ1) is 19.7. The number of rotatable bonds is 7. The standard InChI is InChI=1S/C22H24FN7OS/c1-3-29-16(21(31)30(13-4-5-13)14-6-7-14)8-15-18-17(24-11-28(18)2)19(26-20(15)29)27-22-25-12(9-23)10-32-22/h8,10-11,13-14H,3-7,9H2,1-2H3,(H,25,26,27). The molecular formula is C22H24FN7OS. The van der Waals surface area contributed by atoms with Gasteiger partial charge in [-0.2, -0.15) is 0 Å². The molecule has 0 aliphatic heterocycles. The number of alkyl halides is 1. The van der Waals surface area contributed by atoms with Crippen LogP contribution in [-0.2, 0) is 20.3 Å². The molecule has 6 rings (SSSR count). The first-order chi connectivity index (χ1) is 15.6. The highest BCUT2D eigenvalue weighted by Gasteiger charge is 2.43. The Morgan fingerprint density at radius 2 is 2.03 bits per heavy atom. The van der Waals surface area contributed by atoms with Gasteiger partial charge in [-0.05, 0) is 38.7 Å². The summed E-state index contributed by atoms with van der Waals surface area (Å²) in [5, 5.41) is 6.38. The smallest absolute Gasteiger partial charge is 0.271 e. The lowest BCUT2D eigenvalue weighted by Gasteiger charge is -2.22. The predicted octanol–water partition coefficient (Wildman–Crippen LogP) is 4.38. The minimum absolute atomic E-state index is 0.104. The molecule has 0 aromatic carbocycles. The number of pyridine rings is 1. The number of hydrogen-bond donors (Lipinski definition) is 1. The van der Waals surface area contributed by atoms with E-state index in [9.17, 15) is 9.18 Å². The Bertz CT molecular complexity index is 1340. The molecule has 10 heteroatoms. The molecule has 4 aromatic rings. The van der Waals surface area contributed by atoms with Crippen molar-refractivity contribution in [1.29, 1.82) is 0 Å². The summed E-state index contributed by atoms with van der Waals surface area (Å²) < 4.78 is 16.9. The second kappa shape index (κ2) is 7.26. The van der Waals surface area contributed by atoms with Crippen LogP contribution < -0.4 is 5.32 Å². The van der Waals surface area contributed by atoms with Crippen molar-refractivity contribution in [1.82, 2.24) is 29.0 Å². The van der Waals surface area contributed by atoms with Crippen LogP contribution in [0.5, 0.6) is 0 Å². The summed E-state index contributed by atoms with van der Waals surface area (Å²) >= 11 is 1.33. The average molecular weight is 454 g/mol. The number of aromatic nitrogens is 5. The number of nitrogens with one attached hydrogen (secondary N) is 1. The van der Waals surface area contributed by atoms with Crippen molar-refractivity contribution < 1.29 is 9.18 Å². The Balaban J connectivity index is 1.51. The number of halogens is 1. The Morgan fingerprint density at radius 3 is 2.66 bits per heavy atom. The number of imidazole rings is 1. The lowest BCUT2D eigenvalue weighted by Crippen LogP contribution is -2.36. The zero-order valence-corrected chi connectivity index (χ0v) is 18.8. The number of fused-ring (bicyclic) bond motifs is 3. The van der Waals surface area contributed by atoms with Gasteiger partial charge in [0, 0.05) is 36.4 Å². The van der Waals surface area contributed by atoms with Crippen molar-refractivity contribution >= 4 is 50.3 Å². The molecule has 0 spiro atoms. The summed E-state index contributed by atoms with van der Waals surface area (Å²) in [5.41, 5.74) is 3.42. The second-order valence-corrected chi connectivity index (χ2v) is 9.46. The first-order valence-corrected chi connectivity index (χ1v) is 11.9. The number of aryl methyl sites for hydroxylation is 2. The number of amides is 1. The quantitative estimate of drug-likeness (QED) is 0.449. The molecular weight excluding hydrogens is 429 g/mol. The first-order valence-electron chi connectivity index (χ1n) is 11.0. The highest BCUT2D eigenvalue weighted by atomic mass is 32.1. The SMILES string of the molecule is CCn1c(C(=O)N(C2CC2)C2CC2)cc2c3c(ncn3C)c(Nc3nc(CF)cs3)nc21. The van der Waals surface area contributed by atoms with Crippen molar-refractivity contribution in [2.75, 3.05) is 5.32 Å². The van der Waals surface area contributed by atoms with Gasteiger partial charge in [0.2, 0.25) is 0 Å². The van der Waals surface area contributed by atoms with Crippen LogP contribution >= 0.6 is 11.3 Å². The lowest BCUT2D eigenvalue weighted by atomic mass is 10.2. The summed E-state index contributed by atoms with van der Waals surface area (Å²) in [6.07, 6.45) is 6.14. The van der Waals surface area contributed by atoms with E-state index in [-0.39, 0.29) is 5.91 Å². The van der Waals surface area contributed by atoms with E-state index in [0.29, 0.717) is 46.5 Å². The highest BCUT2D eigenvalue weighted by Crippen LogP contribution is 2.39. The van der Waals surface area contributed by atoms with Gasteiger partial charge in [0.1, 0.15) is 23.5 Å². The van der Waals surface area contributed by atoms with Crippen LogP contribution in [0.1, 0.15) is 48.8 Å². The van der Waals surface area contributed by atoms with E-state index in [1.165, 1.54) is 11.3 Å². The number of nitrogens with zero attached hydrogens (tertiary/aromatic N) is 6. The van der Waals surface area contributed by atoms with Crippen molar-refractivity contribution in [2.24, 2.45) is 7.05 Å². The summed E-state index contributed by atoms with van der Waals surface area (Å²) in [6.45, 7) is 2.06. The summed E-state index contributed by atoms with van der Waals surface area (Å²) in [4.78, 5) is 29.4. The molecule has 4 heterocycles. The van der Waals surface area contributed by atoms with Crippen LogP contribution in [0.3, 0.4) is 0 Å². The molecule has 1 N–H and O–H groups in total. The van der Waals surface area contributed by atoms with Crippen LogP contribution in [0.2, 0.25) is 0 Å². The third-order valence-electron chi connectivity index (χ3n) is 6.27. The Labute approximate surface area is 188 Å². The topological polar surface area (TPSA) is 80.9 Å². The lowest BCUT2D eigenvalue weighted by molar-refractivity contribution is 0.0719. The zero-order chi connectivity index (χ0) is 22.0. The third kappa shape index (κ3) is 3.08. The fourth-order valence-electron chi connectivity index (χ4n) is 4.49. The van der Waals surface area contributed by atoms with Gasteiger partial charge in [-0.25, -0.2) is 19.3 Å². The molecule has 1 amide bonds. The van der Waals surface area contributed by atoms with Gasteiger partial charge in [-0.15, -0.1) is 11.3 Å². The predicted molar refractivity (Wildman–Crippen MR) is 122 cm³/mol. The Hall–Kier alpha value is -3.01. The Kier molecular flexibility index (Phi) is 4.46. The highest BCUT2D eigenvalue weighted by molar-refractivity contribution is 7.13. The summed E-state index contributed by atoms with van der Waals surface area (Å²) in [6, 6.07) is 2.74. The van der Waals surface area contributed by atoms with E-state index in [4.69, 9.17) is 4.98 Å². The van der Waals surface area contributed by atoms with E-state index < -0.39 is 6.67 Å². The van der Waals surface area contributed by atoms with E-state index in [0.717, 1.165) is 42.2 Å². The maximum Gasteiger partial charge on any atom is 0.271 e. The van der Waals surface area contributed by atoms with Gasteiger partial charge in [-0.3, -0.25) is 4.79 Å². The molecule has 32 heavy (non-hydrogen) atoms. The molecule has 0 unspecified atom stereocenters. The van der Waals surface area contributed by atoms with Crippen molar-refractivity contribution in [2.45, 2.75) is 57.9 Å². The fraction of sp³-hybridized carbons (Fsp3) is 0.455. The molecule has 0 saturated heterocycles. The summed E-state index contributed by atoms with van der Waals surface area (Å²) in [5.74, 6) is 0.660. The fourth-order valence-corrected chi connectivity index (χ4v) is 5.18. The van der Waals surface area contributed by atoms with Gasteiger partial charge in [0.25, 0.3) is 5.91 Å². The normalized spacial score (nSPS) is 16.2. The minimum atomic E-state index is -0.605. The molecule has 0 radical (unpaired) electrons. The van der Waals surface area contributed by atoms with Gasteiger partial charge >= 0.3 is 0 Å². The number of thiazole rings is 1. The minimum Gasteiger partial charge on any atom is -0.333 e. The number of carbonyl (C=O) groups excluding carboxylic acids is 1. The molecule has 2 fully saturated rings. The molecule has 0 atom stereocenters. The van der Waals surface area contributed by atoms with E-state index in [1.54, 1.807) is 11.7 Å². The van der Waals surface area contributed by atoms with Gasteiger partial charge in [-0.1, -0.05) is 0 Å². The molecule has 166 valence electrons. The van der Waals surface area contributed by atoms with Gasteiger partial charge < -0.3 is 19.4 Å². The Morgan fingerprint density at radius 1 is 1.28 bits per heavy atom. The summed E-state index contributed by atoms with van der Waals surface area (Å²) in [7, 11) is 1.94.